The standard InChI is InChI=1S/C9H8N2O4/c10-9(12)15-8-3-1-7(2-4-8)5-6-11(13)14/h1-6H,(H2,10,12). The average molecular weight is 208 g/mol. The molecule has 15 heavy (non-hydrogen) atoms. The minimum absolute atomic E-state index is 0.292. The van der Waals surface area contributed by atoms with Gasteiger partial charge in [-0.15, -0.1) is 0 Å². The normalized spacial score (nSPS) is 10.1. The van der Waals surface area contributed by atoms with E-state index in [9.17, 15) is 14.9 Å². The Morgan fingerprint density at radius 2 is 2.00 bits per heavy atom. The van der Waals surface area contributed by atoms with Crippen LogP contribution in [0.1, 0.15) is 5.56 Å². The van der Waals surface area contributed by atoms with E-state index in [4.69, 9.17) is 5.73 Å². The minimum Gasteiger partial charge on any atom is -0.411 e. The first-order valence-electron chi connectivity index (χ1n) is 3.97. The second-order valence-corrected chi connectivity index (χ2v) is 2.59. The van der Waals surface area contributed by atoms with Gasteiger partial charge in [0.25, 0.3) is 0 Å². The molecule has 1 aromatic carbocycles. The van der Waals surface area contributed by atoms with Crippen molar-refractivity contribution in [1.29, 1.82) is 0 Å². The predicted octanol–water partition coefficient (Wildman–Crippen LogP) is 1.39. The van der Waals surface area contributed by atoms with Crippen LogP contribution in [0, 0.1) is 10.1 Å². The zero-order chi connectivity index (χ0) is 11.3. The van der Waals surface area contributed by atoms with E-state index in [1.165, 1.54) is 18.2 Å². The van der Waals surface area contributed by atoms with Crippen LogP contribution in [0.3, 0.4) is 0 Å². The Kier molecular flexibility index (Phi) is 3.39. The Labute approximate surface area is 85.1 Å². The van der Waals surface area contributed by atoms with Crippen LogP contribution in [0.4, 0.5) is 4.79 Å². The summed E-state index contributed by atoms with van der Waals surface area (Å²) in [4.78, 5) is 19.8. The molecule has 0 aliphatic carbocycles. The number of nitrogens with zero attached hydrogens (tertiary/aromatic N) is 1. The highest BCUT2D eigenvalue weighted by Crippen LogP contribution is 2.12. The number of carbonyl (C=O) groups is 1. The highest BCUT2D eigenvalue weighted by Gasteiger charge is 1.97. The summed E-state index contributed by atoms with van der Waals surface area (Å²) in [5.74, 6) is 0.292. The molecule has 0 unspecified atom stereocenters. The van der Waals surface area contributed by atoms with E-state index < -0.39 is 11.0 Å². The van der Waals surface area contributed by atoms with Crippen LogP contribution in [0.15, 0.2) is 30.5 Å². The first kappa shape index (κ1) is 10.7. The third-order valence-electron chi connectivity index (χ3n) is 1.49. The summed E-state index contributed by atoms with van der Waals surface area (Å²) in [6.45, 7) is 0. The molecule has 0 radical (unpaired) electrons. The van der Waals surface area contributed by atoms with Crippen molar-refractivity contribution in [1.82, 2.24) is 0 Å². The molecule has 78 valence electrons. The highest BCUT2D eigenvalue weighted by molar-refractivity contribution is 5.68. The Morgan fingerprint density at radius 3 is 2.47 bits per heavy atom. The Hall–Kier alpha value is -2.37. The molecule has 1 amide bonds. The molecule has 6 nitrogen and oxygen atoms in total. The van der Waals surface area contributed by atoms with Crippen LogP contribution in [0.5, 0.6) is 5.75 Å². The van der Waals surface area contributed by atoms with E-state index in [2.05, 4.69) is 4.74 Å². The summed E-state index contributed by atoms with van der Waals surface area (Å²) in [6.07, 6.45) is 1.25. The molecule has 0 aromatic heterocycles. The van der Waals surface area contributed by atoms with Gasteiger partial charge < -0.3 is 10.5 Å². The van der Waals surface area contributed by atoms with Gasteiger partial charge >= 0.3 is 6.09 Å². The summed E-state index contributed by atoms with van der Waals surface area (Å²) in [7, 11) is 0. The lowest BCUT2D eigenvalue weighted by Crippen LogP contribution is -2.16. The molecule has 0 aliphatic heterocycles. The van der Waals surface area contributed by atoms with E-state index in [1.807, 2.05) is 0 Å². The van der Waals surface area contributed by atoms with Crippen LogP contribution in [-0.2, 0) is 0 Å². The smallest absolute Gasteiger partial charge is 0.409 e. The van der Waals surface area contributed by atoms with Crippen molar-refractivity contribution in [2.45, 2.75) is 0 Å². The van der Waals surface area contributed by atoms with Gasteiger partial charge in [-0.3, -0.25) is 10.1 Å². The van der Waals surface area contributed by atoms with Gasteiger partial charge in [0.05, 0.1) is 4.92 Å². The largest absolute Gasteiger partial charge is 0.411 e. The molecule has 2 N–H and O–H groups in total. The molecule has 0 spiro atoms. The van der Waals surface area contributed by atoms with Crippen molar-refractivity contribution in [3.05, 3.63) is 46.1 Å². The van der Waals surface area contributed by atoms with Crippen LogP contribution in [-0.4, -0.2) is 11.0 Å². The van der Waals surface area contributed by atoms with E-state index in [-0.39, 0.29) is 0 Å². The van der Waals surface area contributed by atoms with Gasteiger partial charge in [0, 0.05) is 6.08 Å². The topological polar surface area (TPSA) is 95.5 Å². The van der Waals surface area contributed by atoms with E-state index in [0.717, 1.165) is 6.20 Å². The Balaban J connectivity index is 2.72. The number of primary amides is 1. The summed E-state index contributed by atoms with van der Waals surface area (Å²) in [5, 5.41) is 10.0. The lowest BCUT2D eigenvalue weighted by atomic mass is 10.2. The molecule has 0 saturated carbocycles. The Morgan fingerprint density at radius 1 is 1.40 bits per heavy atom. The number of amides is 1. The van der Waals surface area contributed by atoms with E-state index >= 15 is 0 Å². The molecule has 0 bridgehead atoms. The second kappa shape index (κ2) is 4.75. The van der Waals surface area contributed by atoms with Crippen LogP contribution in [0.25, 0.3) is 6.08 Å². The average Bonchev–Trinajstić information content (AvgIpc) is 2.16. The number of rotatable bonds is 3. The fourth-order valence-electron chi connectivity index (χ4n) is 0.910. The van der Waals surface area contributed by atoms with Crippen molar-refractivity contribution in [2.75, 3.05) is 0 Å². The number of hydrogen-bond donors (Lipinski definition) is 1. The fourth-order valence-corrected chi connectivity index (χ4v) is 0.910. The monoisotopic (exact) mass is 208 g/mol. The van der Waals surface area contributed by atoms with Crippen LogP contribution >= 0.6 is 0 Å². The SMILES string of the molecule is NC(=O)Oc1ccc(C=C[N+](=O)[O-])cc1. The maximum absolute atomic E-state index is 10.4. The van der Waals surface area contributed by atoms with Gasteiger partial charge in [-0.25, -0.2) is 4.79 Å². The molecule has 0 heterocycles. The number of nitro groups is 1. The molecule has 1 rings (SSSR count). The van der Waals surface area contributed by atoms with Crippen LogP contribution < -0.4 is 10.5 Å². The first-order valence-corrected chi connectivity index (χ1v) is 3.97. The van der Waals surface area contributed by atoms with Crippen molar-refractivity contribution in [2.24, 2.45) is 5.73 Å². The molecular formula is C9H8N2O4. The van der Waals surface area contributed by atoms with E-state index in [0.29, 0.717) is 11.3 Å². The Bertz CT molecular complexity index is 397. The lowest BCUT2D eigenvalue weighted by molar-refractivity contribution is -0.400. The number of carbonyl (C=O) groups excluding carboxylic acids is 1. The minimum atomic E-state index is -0.899. The molecule has 1 aromatic rings. The fraction of sp³-hybridized carbons (Fsp3) is 0. The quantitative estimate of drug-likeness (QED) is 0.599. The van der Waals surface area contributed by atoms with Crippen molar-refractivity contribution >= 4 is 12.2 Å². The summed E-state index contributed by atoms with van der Waals surface area (Å²) < 4.78 is 4.58. The molecule has 0 aliphatic rings. The lowest BCUT2D eigenvalue weighted by Gasteiger charge is -1.99. The van der Waals surface area contributed by atoms with E-state index in [1.54, 1.807) is 12.1 Å². The summed E-state index contributed by atoms with van der Waals surface area (Å²) in [6, 6.07) is 6.12. The maximum atomic E-state index is 10.4. The van der Waals surface area contributed by atoms with Gasteiger partial charge in [-0.05, 0) is 17.7 Å². The second-order valence-electron chi connectivity index (χ2n) is 2.59. The molecule has 6 heteroatoms. The van der Waals surface area contributed by atoms with Crippen molar-refractivity contribution < 1.29 is 14.5 Å². The molecular weight excluding hydrogens is 200 g/mol. The molecule has 0 atom stereocenters. The third-order valence-corrected chi connectivity index (χ3v) is 1.49. The van der Waals surface area contributed by atoms with Crippen LogP contribution in [0.2, 0.25) is 0 Å². The first-order chi connectivity index (χ1) is 7.08. The zero-order valence-corrected chi connectivity index (χ0v) is 7.62. The number of ether oxygens (including phenoxy) is 1. The predicted molar refractivity (Wildman–Crippen MR) is 52.7 cm³/mol. The van der Waals surface area contributed by atoms with Gasteiger partial charge in [-0.2, -0.15) is 0 Å². The third kappa shape index (κ3) is 3.90. The highest BCUT2D eigenvalue weighted by atomic mass is 16.6. The van der Waals surface area contributed by atoms with Crippen molar-refractivity contribution in [3.63, 3.8) is 0 Å². The van der Waals surface area contributed by atoms with Gasteiger partial charge in [0.15, 0.2) is 0 Å². The zero-order valence-electron chi connectivity index (χ0n) is 7.62. The molecule has 0 saturated heterocycles. The summed E-state index contributed by atoms with van der Waals surface area (Å²) >= 11 is 0. The molecule has 0 fully saturated rings. The number of benzene rings is 1. The van der Waals surface area contributed by atoms with Crippen molar-refractivity contribution in [3.8, 4) is 5.75 Å². The summed E-state index contributed by atoms with van der Waals surface area (Å²) in [5.41, 5.74) is 5.42. The number of hydrogen-bond acceptors (Lipinski definition) is 4. The van der Waals surface area contributed by atoms with Gasteiger partial charge in [0.2, 0.25) is 6.20 Å². The number of nitrogens with two attached hydrogens (primary N) is 1. The van der Waals surface area contributed by atoms with Gasteiger partial charge in [-0.1, -0.05) is 12.1 Å². The maximum Gasteiger partial charge on any atom is 0.409 e. The van der Waals surface area contributed by atoms with Gasteiger partial charge in [0.1, 0.15) is 5.75 Å².